The first kappa shape index (κ1) is 64.8. The average Bonchev–Trinajstić information content (AvgIpc) is 4.06. The predicted molar refractivity (Wildman–Crippen MR) is 282 cm³/mol. The zero-order chi connectivity index (χ0) is 57.2. The summed E-state index contributed by atoms with van der Waals surface area (Å²) in [6.45, 7) is 4.18. The summed E-state index contributed by atoms with van der Waals surface area (Å²) in [5.41, 5.74) is 17.4. The van der Waals surface area contributed by atoms with Gasteiger partial charge in [0.25, 0.3) is 0 Å². The van der Waals surface area contributed by atoms with E-state index >= 15 is 0 Å². The van der Waals surface area contributed by atoms with Crippen molar-refractivity contribution in [1.82, 2.24) is 46.9 Å². The quantitative estimate of drug-likeness (QED) is 0.0334. The van der Waals surface area contributed by atoms with Crippen LogP contribution in [0.2, 0.25) is 0 Å². The third-order valence-corrected chi connectivity index (χ3v) is 15.7. The number of aliphatic carboxylic acids is 2. The number of carboxylic acid groups (broad SMARTS) is 2. The van der Waals surface area contributed by atoms with Crippen molar-refractivity contribution in [2.45, 2.75) is 159 Å². The van der Waals surface area contributed by atoms with Crippen molar-refractivity contribution in [1.29, 1.82) is 0 Å². The molecule has 2 heterocycles. The van der Waals surface area contributed by atoms with Gasteiger partial charge in [-0.3, -0.25) is 62.5 Å². The van der Waals surface area contributed by atoms with Gasteiger partial charge in [0, 0.05) is 62.4 Å². The second-order valence-electron chi connectivity index (χ2n) is 19.3. The molecule has 2 fully saturated rings. The number of aryl methyl sites for hydroxylation is 1. The van der Waals surface area contributed by atoms with Gasteiger partial charge in [0.2, 0.25) is 35.4 Å². The first-order chi connectivity index (χ1) is 36.5. The summed E-state index contributed by atoms with van der Waals surface area (Å²) in [6.07, 6.45) is 1.12. The third kappa shape index (κ3) is 23.3. The Bertz CT molecular complexity index is 2290. The van der Waals surface area contributed by atoms with Crippen LogP contribution in [-0.2, 0) is 64.0 Å². The lowest BCUT2D eigenvalue weighted by molar-refractivity contribution is -0.142. The SMILES string of the molecule is CC(=O)[C@H]1CNC(=O)[C@H](CC(=O)O)CC(=O)[C@@H]2CCCC2C(=O)CCC(=O)[C@H](CCCCN)NC(=O)[C@H](CC(=O)O)NC(=O)CNC(=O)[C@H](CCCN=C(N)N)NC(=O)[C@@H](NC(=O)CCCc2cnnn2C(C)C)CSS1. The number of unbranched alkanes of at least 4 members (excludes halogenated alkanes) is 1. The molecule has 0 spiro atoms. The van der Waals surface area contributed by atoms with Crippen LogP contribution in [0, 0.1) is 17.8 Å². The Hall–Kier alpha value is -6.49. The number of hydrogen-bond acceptors (Lipinski definition) is 18. The molecule has 1 unspecified atom stereocenters. The Labute approximate surface area is 453 Å². The van der Waals surface area contributed by atoms with Gasteiger partial charge in [-0.05, 0) is 85.1 Å². The van der Waals surface area contributed by atoms with Crippen LogP contribution in [0.3, 0.4) is 0 Å². The molecule has 8 atom stereocenters. The highest BCUT2D eigenvalue weighted by atomic mass is 33.1. The molecule has 428 valence electrons. The minimum Gasteiger partial charge on any atom is -0.481 e. The summed E-state index contributed by atoms with van der Waals surface area (Å²) in [4.78, 5) is 164. The molecular weight excluding hydrogens is 1050 g/mol. The van der Waals surface area contributed by atoms with E-state index in [1.165, 1.54) is 6.92 Å². The maximum absolute atomic E-state index is 14.2. The number of aliphatic imine (C=N–C) groups is 1. The van der Waals surface area contributed by atoms with Gasteiger partial charge in [0.15, 0.2) is 11.7 Å². The molecule has 77 heavy (non-hydrogen) atoms. The standard InChI is InChI=1S/C48H75N13O14S2/c1-26(2)61-29(22-55-60-61)9-6-14-40(66)57-35-25-76-77-39(27(3)62)23-53-44(72)28(20-42(68)69)19-38(65)31-11-7-10-30(31)36(63)15-16-37(64)32(12-4-5-17-49)58-46(74)34(21-43(70)71)56-41(67)24-54-45(73)33(59-47(35)75)13-8-18-52-48(50)51/h22,26,28,30-35,39H,4-21,23-25,49H2,1-3H3,(H,53,72)(H,54,73)(H,56,67)(H,57,66)(H,58,74)(H,59,75)(H,68,69)(H,70,71)(H4,50,51,52)/t28-,30?,31+,32-,33-,34-,35-,39+/m0/s1. The number of ketones is 4. The van der Waals surface area contributed by atoms with Crippen LogP contribution in [0.1, 0.15) is 129 Å². The summed E-state index contributed by atoms with van der Waals surface area (Å²) in [6, 6.07) is -5.79. The van der Waals surface area contributed by atoms with Gasteiger partial charge in [-0.2, -0.15) is 0 Å². The van der Waals surface area contributed by atoms with Crippen LogP contribution in [-0.4, -0.2) is 163 Å². The summed E-state index contributed by atoms with van der Waals surface area (Å²) in [7, 11) is 1.90. The van der Waals surface area contributed by atoms with Gasteiger partial charge in [-0.25, -0.2) is 4.68 Å². The first-order valence-corrected chi connectivity index (χ1v) is 28.1. The zero-order valence-corrected chi connectivity index (χ0v) is 45.4. The molecule has 0 bridgehead atoms. The largest absolute Gasteiger partial charge is 0.481 e. The monoisotopic (exact) mass is 1120 g/mol. The number of fused-ring (bicyclic) bond motifs is 1. The summed E-state index contributed by atoms with van der Waals surface area (Å²) < 4.78 is 1.70. The topological polar surface area (TPSA) is 439 Å². The van der Waals surface area contributed by atoms with Crippen molar-refractivity contribution < 1.29 is 67.7 Å². The molecule has 0 aromatic carbocycles. The minimum atomic E-state index is -1.76. The van der Waals surface area contributed by atoms with Crippen LogP contribution < -0.4 is 49.1 Å². The highest BCUT2D eigenvalue weighted by molar-refractivity contribution is 8.77. The van der Waals surface area contributed by atoms with Crippen LogP contribution in [0.4, 0.5) is 0 Å². The Balaban J connectivity index is 2.01. The summed E-state index contributed by atoms with van der Waals surface area (Å²) in [5.74, 6) is -13.7. The second-order valence-corrected chi connectivity index (χ2v) is 21.9. The van der Waals surface area contributed by atoms with E-state index in [0.29, 0.717) is 32.1 Å². The molecule has 3 rings (SSSR count). The molecule has 1 aromatic rings. The van der Waals surface area contributed by atoms with Gasteiger partial charge < -0.3 is 59.3 Å². The summed E-state index contributed by atoms with van der Waals surface area (Å²) >= 11 is 0. The minimum absolute atomic E-state index is 0.000374. The number of rotatable bonds is 19. The highest BCUT2D eigenvalue weighted by Gasteiger charge is 2.40. The number of aromatic nitrogens is 3. The number of amides is 6. The third-order valence-electron chi connectivity index (χ3n) is 12.8. The number of carboxylic acids is 2. The van der Waals surface area contributed by atoms with E-state index in [1.807, 2.05) is 13.8 Å². The average molecular weight is 1120 g/mol. The Kier molecular flexibility index (Phi) is 28.3. The number of hydrogen-bond donors (Lipinski definition) is 11. The number of nitrogens with one attached hydrogen (secondary N) is 6. The van der Waals surface area contributed by atoms with E-state index in [2.05, 4.69) is 47.2 Å². The predicted octanol–water partition coefficient (Wildman–Crippen LogP) is -1.25. The van der Waals surface area contributed by atoms with Gasteiger partial charge in [-0.1, -0.05) is 33.2 Å². The van der Waals surface area contributed by atoms with Gasteiger partial charge in [0.05, 0.1) is 48.5 Å². The smallest absolute Gasteiger partial charge is 0.305 e. The van der Waals surface area contributed by atoms with E-state index in [0.717, 1.165) is 27.3 Å². The lowest BCUT2D eigenvalue weighted by Gasteiger charge is -2.24. The molecule has 1 saturated heterocycles. The van der Waals surface area contributed by atoms with E-state index in [1.54, 1.807) is 10.9 Å². The molecule has 2 aliphatic rings. The molecule has 14 N–H and O–H groups in total. The molecule has 1 aliphatic carbocycles. The lowest BCUT2D eigenvalue weighted by Crippen LogP contribution is -2.56. The van der Waals surface area contributed by atoms with Crippen molar-refractivity contribution in [2.24, 2.45) is 39.9 Å². The number of Topliss-reactive ketones (excluding diaryl/α,β-unsaturated/α-hetero) is 4. The normalized spacial score (nSPS) is 24.4. The van der Waals surface area contributed by atoms with Gasteiger partial charge in [0.1, 0.15) is 35.5 Å². The highest BCUT2D eigenvalue weighted by Crippen LogP contribution is 2.36. The zero-order valence-electron chi connectivity index (χ0n) is 43.8. The Morgan fingerprint density at radius 3 is 2.12 bits per heavy atom. The molecular formula is C48H75N13O14S2. The van der Waals surface area contributed by atoms with Crippen molar-refractivity contribution in [3.05, 3.63) is 11.9 Å². The number of nitrogens with two attached hydrogens (primary N) is 3. The summed E-state index contributed by atoms with van der Waals surface area (Å²) in [5, 5.41) is 41.5. The molecule has 1 aliphatic heterocycles. The number of guanidine groups is 1. The molecule has 6 amide bonds. The number of carbonyl (C=O) groups is 12. The first-order valence-electron chi connectivity index (χ1n) is 25.7. The van der Waals surface area contributed by atoms with E-state index in [4.69, 9.17) is 17.2 Å². The fourth-order valence-electron chi connectivity index (χ4n) is 8.77. The second kappa shape index (κ2) is 33.6. The molecule has 1 aromatic heterocycles. The Morgan fingerprint density at radius 2 is 1.47 bits per heavy atom. The molecule has 29 heteroatoms. The van der Waals surface area contributed by atoms with E-state index in [9.17, 15) is 67.7 Å². The van der Waals surface area contributed by atoms with Crippen molar-refractivity contribution in [3.63, 3.8) is 0 Å². The molecule has 1 saturated carbocycles. The fraction of sp³-hybridized carbons (Fsp3) is 0.688. The maximum Gasteiger partial charge on any atom is 0.305 e. The van der Waals surface area contributed by atoms with Gasteiger partial charge >= 0.3 is 11.9 Å². The van der Waals surface area contributed by atoms with Crippen molar-refractivity contribution in [2.75, 3.05) is 31.9 Å². The lowest BCUT2D eigenvalue weighted by atomic mass is 9.82. The van der Waals surface area contributed by atoms with Crippen LogP contribution >= 0.6 is 21.6 Å². The van der Waals surface area contributed by atoms with E-state index in [-0.39, 0.29) is 88.8 Å². The number of nitrogens with zero attached hydrogens (tertiary/aromatic N) is 4. The van der Waals surface area contributed by atoms with Crippen LogP contribution in [0.25, 0.3) is 0 Å². The molecule has 27 nitrogen and oxygen atoms in total. The molecule has 0 radical (unpaired) electrons. The van der Waals surface area contributed by atoms with E-state index < -0.39 is 143 Å². The maximum atomic E-state index is 14.2. The fourth-order valence-corrected chi connectivity index (χ4v) is 11.4. The van der Waals surface area contributed by atoms with Crippen LogP contribution in [0.15, 0.2) is 11.2 Å². The van der Waals surface area contributed by atoms with Crippen molar-refractivity contribution in [3.8, 4) is 0 Å². The van der Waals surface area contributed by atoms with Crippen molar-refractivity contribution >= 4 is 98.1 Å². The number of carbonyl (C=O) groups excluding carboxylic acids is 10. The Morgan fingerprint density at radius 1 is 0.805 bits per heavy atom. The van der Waals surface area contributed by atoms with Crippen LogP contribution in [0.5, 0.6) is 0 Å². The van der Waals surface area contributed by atoms with Gasteiger partial charge in [-0.15, -0.1) is 5.10 Å².